The number of hydrogen-bond donors (Lipinski definition) is 0. The highest BCUT2D eigenvalue weighted by Crippen LogP contribution is 2.23. The number of hydrogen-bond acceptors (Lipinski definition) is 3. The summed E-state index contributed by atoms with van der Waals surface area (Å²) in [4.78, 5) is 18.7. The largest absolute Gasteiger partial charge is 0.334 e. The minimum Gasteiger partial charge on any atom is -0.334 e. The summed E-state index contributed by atoms with van der Waals surface area (Å²) in [6.45, 7) is -2.08. The van der Waals surface area contributed by atoms with E-state index in [1.807, 2.05) is 18.2 Å². The van der Waals surface area contributed by atoms with E-state index in [4.69, 9.17) is 0 Å². The summed E-state index contributed by atoms with van der Waals surface area (Å²) >= 11 is 0. The number of alkyl halides is 2. The Balaban J connectivity index is 1.67. The van der Waals surface area contributed by atoms with E-state index in [2.05, 4.69) is 10.1 Å². The van der Waals surface area contributed by atoms with Crippen LogP contribution in [-0.4, -0.2) is 38.2 Å². The number of rotatable bonds is 5. The van der Waals surface area contributed by atoms with Crippen LogP contribution in [0.25, 0.3) is 0 Å². The third kappa shape index (κ3) is 3.77. The van der Waals surface area contributed by atoms with Crippen LogP contribution in [0.4, 0.5) is 8.78 Å². The lowest BCUT2D eigenvalue weighted by Gasteiger charge is -2.35. The van der Waals surface area contributed by atoms with Crippen molar-refractivity contribution in [1.82, 2.24) is 19.7 Å². The molecule has 0 unspecified atom stereocenters. The molecule has 2 aromatic heterocycles. The Labute approximate surface area is 139 Å². The average molecular weight is 334 g/mol. The molecule has 0 saturated carbocycles. The number of likely N-dealkylation sites (tertiary alicyclic amines) is 1. The number of pyridine rings is 1. The number of carbonyl (C=O) groups excluding carboxylic acids is 1. The van der Waals surface area contributed by atoms with Crippen LogP contribution >= 0.6 is 0 Å². The lowest BCUT2D eigenvalue weighted by Crippen LogP contribution is -2.44. The molecular formula is C17H20F2N4O. The molecule has 1 aliphatic rings. The minimum atomic E-state index is -2.73. The van der Waals surface area contributed by atoms with Gasteiger partial charge in [0.1, 0.15) is 0 Å². The fourth-order valence-corrected chi connectivity index (χ4v) is 3.14. The Bertz CT molecular complexity index is 674. The predicted molar refractivity (Wildman–Crippen MR) is 84.7 cm³/mol. The van der Waals surface area contributed by atoms with Crippen LogP contribution in [0.1, 0.15) is 48.4 Å². The Morgan fingerprint density at radius 1 is 1.29 bits per heavy atom. The summed E-state index contributed by atoms with van der Waals surface area (Å²) in [5.41, 5.74) is 1.08. The molecule has 1 saturated heterocycles. The van der Waals surface area contributed by atoms with Crippen molar-refractivity contribution in [3.05, 3.63) is 48.0 Å². The lowest BCUT2D eigenvalue weighted by molar-refractivity contribution is 0.0524. The van der Waals surface area contributed by atoms with Crippen molar-refractivity contribution < 1.29 is 13.6 Å². The number of nitrogens with zero attached hydrogens (tertiary/aromatic N) is 4. The Hall–Kier alpha value is -2.31. The van der Waals surface area contributed by atoms with Gasteiger partial charge in [-0.2, -0.15) is 13.9 Å². The minimum absolute atomic E-state index is 0.0834. The molecule has 3 heterocycles. The van der Waals surface area contributed by atoms with E-state index < -0.39 is 6.55 Å². The first kappa shape index (κ1) is 16.5. The first-order valence-corrected chi connectivity index (χ1v) is 8.19. The smallest absolute Gasteiger partial charge is 0.333 e. The number of amides is 1. The molecule has 3 rings (SSSR count). The third-order valence-electron chi connectivity index (χ3n) is 4.38. The Morgan fingerprint density at radius 2 is 2.17 bits per heavy atom. The van der Waals surface area contributed by atoms with Crippen LogP contribution in [0.5, 0.6) is 0 Å². The molecule has 1 aliphatic heterocycles. The summed E-state index contributed by atoms with van der Waals surface area (Å²) in [6.07, 6.45) is 7.44. The van der Waals surface area contributed by atoms with Gasteiger partial charge < -0.3 is 4.90 Å². The zero-order chi connectivity index (χ0) is 16.9. The highest BCUT2D eigenvalue weighted by Gasteiger charge is 2.29. The maximum Gasteiger partial charge on any atom is 0.333 e. The van der Waals surface area contributed by atoms with Crippen molar-refractivity contribution in [3.8, 4) is 0 Å². The standard InChI is InChI=1S/C17H20F2N4O/c18-17(19)23-12-9-15(21-23)16(24)22-11-4-2-6-14(22)8-7-13-5-1-3-10-20-13/h1,3,5,9-10,12,14,17H,2,4,6-8,11H2/t14-/m1/s1. The van der Waals surface area contributed by atoms with E-state index >= 15 is 0 Å². The maximum absolute atomic E-state index is 12.6. The average Bonchev–Trinajstić information content (AvgIpc) is 3.11. The quantitative estimate of drug-likeness (QED) is 0.843. The first-order chi connectivity index (χ1) is 11.6. The summed E-state index contributed by atoms with van der Waals surface area (Å²) in [7, 11) is 0. The number of carbonyl (C=O) groups is 1. The topological polar surface area (TPSA) is 51.0 Å². The number of piperidine rings is 1. The molecule has 0 spiro atoms. The van der Waals surface area contributed by atoms with E-state index in [9.17, 15) is 13.6 Å². The molecule has 0 radical (unpaired) electrons. The van der Waals surface area contributed by atoms with Crippen molar-refractivity contribution in [2.45, 2.75) is 44.7 Å². The van der Waals surface area contributed by atoms with Gasteiger partial charge in [-0.05, 0) is 50.3 Å². The van der Waals surface area contributed by atoms with Crippen LogP contribution in [0.3, 0.4) is 0 Å². The molecule has 7 heteroatoms. The molecule has 1 amide bonds. The molecule has 128 valence electrons. The van der Waals surface area contributed by atoms with Crippen molar-refractivity contribution in [1.29, 1.82) is 0 Å². The van der Waals surface area contributed by atoms with Gasteiger partial charge in [0.05, 0.1) is 0 Å². The molecule has 2 aromatic rings. The van der Waals surface area contributed by atoms with Gasteiger partial charge in [0.2, 0.25) is 0 Å². The van der Waals surface area contributed by atoms with E-state index in [0.717, 1.165) is 44.0 Å². The van der Waals surface area contributed by atoms with Crippen LogP contribution in [0, 0.1) is 0 Å². The van der Waals surface area contributed by atoms with Crippen molar-refractivity contribution in [3.63, 3.8) is 0 Å². The molecule has 1 atom stereocenters. The number of aryl methyl sites for hydroxylation is 1. The number of aromatic nitrogens is 3. The zero-order valence-corrected chi connectivity index (χ0v) is 13.3. The molecule has 0 N–H and O–H groups in total. The van der Waals surface area contributed by atoms with E-state index in [1.54, 1.807) is 11.1 Å². The van der Waals surface area contributed by atoms with Gasteiger partial charge in [-0.25, -0.2) is 4.68 Å². The molecule has 5 nitrogen and oxygen atoms in total. The summed E-state index contributed by atoms with van der Waals surface area (Å²) < 4.78 is 25.8. The second-order valence-electron chi connectivity index (χ2n) is 5.97. The van der Waals surface area contributed by atoms with E-state index in [1.165, 1.54) is 6.07 Å². The molecule has 0 bridgehead atoms. The van der Waals surface area contributed by atoms with Crippen LogP contribution in [-0.2, 0) is 6.42 Å². The summed E-state index contributed by atoms with van der Waals surface area (Å²) in [5.74, 6) is -0.264. The van der Waals surface area contributed by atoms with Crippen LogP contribution < -0.4 is 0 Å². The van der Waals surface area contributed by atoms with Gasteiger partial charge in [0.15, 0.2) is 5.69 Å². The zero-order valence-electron chi connectivity index (χ0n) is 13.3. The van der Waals surface area contributed by atoms with E-state index in [-0.39, 0.29) is 17.6 Å². The highest BCUT2D eigenvalue weighted by molar-refractivity contribution is 5.92. The van der Waals surface area contributed by atoms with Crippen molar-refractivity contribution >= 4 is 5.91 Å². The normalized spacial score (nSPS) is 18.1. The number of halogens is 2. The second-order valence-corrected chi connectivity index (χ2v) is 5.97. The van der Waals surface area contributed by atoms with E-state index in [0.29, 0.717) is 11.2 Å². The van der Waals surface area contributed by atoms with Crippen LogP contribution in [0.2, 0.25) is 0 Å². The maximum atomic E-state index is 12.6. The van der Waals surface area contributed by atoms with Gasteiger partial charge >= 0.3 is 6.55 Å². The highest BCUT2D eigenvalue weighted by atomic mass is 19.3. The first-order valence-electron chi connectivity index (χ1n) is 8.19. The molecule has 24 heavy (non-hydrogen) atoms. The van der Waals surface area contributed by atoms with Gasteiger partial charge in [0.25, 0.3) is 5.91 Å². The van der Waals surface area contributed by atoms with Crippen LogP contribution in [0.15, 0.2) is 36.7 Å². The molecule has 0 aromatic carbocycles. The fourth-order valence-electron chi connectivity index (χ4n) is 3.14. The van der Waals surface area contributed by atoms with Gasteiger partial charge in [0, 0.05) is 30.7 Å². The summed E-state index contributed by atoms with van der Waals surface area (Å²) in [5, 5.41) is 3.70. The van der Waals surface area contributed by atoms with Gasteiger partial charge in [-0.1, -0.05) is 6.07 Å². The Morgan fingerprint density at radius 3 is 2.88 bits per heavy atom. The van der Waals surface area contributed by atoms with Crippen molar-refractivity contribution in [2.24, 2.45) is 0 Å². The van der Waals surface area contributed by atoms with Crippen molar-refractivity contribution in [2.75, 3.05) is 6.54 Å². The Kier molecular flexibility index (Phi) is 5.17. The molecule has 1 fully saturated rings. The van der Waals surface area contributed by atoms with Gasteiger partial charge in [-0.3, -0.25) is 9.78 Å². The monoisotopic (exact) mass is 334 g/mol. The fraction of sp³-hybridized carbons (Fsp3) is 0.471. The third-order valence-corrected chi connectivity index (χ3v) is 4.38. The lowest BCUT2D eigenvalue weighted by atomic mass is 9.96. The summed E-state index contributed by atoms with van der Waals surface area (Å²) in [6, 6.07) is 7.26. The molecule has 0 aliphatic carbocycles. The SMILES string of the molecule is O=C(c1ccn(C(F)F)n1)N1CCCC[C@@H]1CCc1ccccn1. The predicted octanol–water partition coefficient (Wildman–Crippen LogP) is 3.30. The molecular weight excluding hydrogens is 314 g/mol. The van der Waals surface area contributed by atoms with Gasteiger partial charge in [-0.15, -0.1) is 0 Å². The second kappa shape index (κ2) is 7.51.